The number of nitrogens with one attached hydrogen (secondary N) is 2. The number of fused-ring (bicyclic) bond motifs is 2. The number of nitrogen functional groups attached to an aromatic ring is 1. The predicted molar refractivity (Wildman–Crippen MR) is 101 cm³/mol. The maximum Gasteiger partial charge on any atom is 0.333 e. The predicted octanol–water partition coefficient (Wildman–Crippen LogP) is 2.76. The highest BCUT2D eigenvalue weighted by atomic mass is 32.2. The number of carbonyl (C=O) groups is 1. The van der Waals surface area contributed by atoms with Gasteiger partial charge in [0, 0.05) is 11.4 Å². The van der Waals surface area contributed by atoms with Crippen molar-refractivity contribution >= 4 is 27.4 Å². The van der Waals surface area contributed by atoms with Crippen molar-refractivity contribution in [2.45, 2.75) is 43.4 Å². The molecule has 0 spiro atoms. The summed E-state index contributed by atoms with van der Waals surface area (Å²) in [4.78, 5) is 12.4. The minimum Gasteiger partial charge on any atom is -0.399 e. The van der Waals surface area contributed by atoms with Gasteiger partial charge in [-0.25, -0.2) is 17.9 Å². The maximum atomic E-state index is 12.5. The summed E-state index contributed by atoms with van der Waals surface area (Å²) in [5.41, 5.74) is 11.6. The molecule has 0 bridgehead atoms. The number of benzene rings is 2. The molecule has 2 aliphatic carbocycles. The van der Waals surface area contributed by atoms with Gasteiger partial charge in [0.2, 0.25) is 0 Å². The molecule has 4 N–H and O–H groups in total. The van der Waals surface area contributed by atoms with Crippen molar-refractivity contribution in [2.75, 3.05) is 11.1 Å². The van der Waals surface area contributed by atoms with Gasteiger partial charge in [-0.1, -0.05) is 12.1 Å². The Morgan fingerprint density at radius 1 is 0.962 bits per heavy atom. The van der Waals surface area contributed by atoms with Crippen LogP contribution in [0.3, 0.4) is 0 Å². The fourth-order valence-electron chi connectivity index (χ4n) is 3.97. The smallest absolute Gasteiger partial charge is 0.333 e. The van der Waals surface area contributed by atoms with Gasteiger partial charge < -0.3 is 11.1 Å². The summed E-state index contributed by atoms with van der Waals surface area (Å²) in [7, 11) is -3.97. The van der Waals surface area contributed by atoms with Gasteiger partial charge in [0.15, 0.2) is 0 Å². The molecule has 26 heavy (non-hydrogen) atoms. The molecule has 0 fully saturated rings. The molecule has 0 aromatic heterocycles. The van der Waals surface area contributed by atoms with Gasteiger partial charge in [-0.05, 0) is 79.0 Å². The summed E-state index contributed by atoms with van der Waals surface area (Å²) >= 11 is 0. The van der Waals surface area contributed by atoms with Crippen LogP contribution in [0.15, 0.2) is 35.2 Å². The number of rotatable bonds is 3. The van der Waals surface area contributed by atoms with E-state index < -0.39 is 16.1 Å². The van der Waals surface area contributed by atoms with Crippen LogP contribution in [0, 0.1) is 0 Å². The Morgan fingerprint density at radius 2 is 1.62 bits per heavy atom. The second kappa shape index (κ2) is 6.32. The minimum absolute atomic E-state index is 0.0313. The lowest BCUT2D eigenvalue weighted by molar-refractivity contribution is 0.256. The molecule has 0 atom stereocenters. The number of carbonyl (C=O) groups excluding carboxylic acids is 1. The molecule has 0 saturated heterocycles. The van der Waals surface area contributed by atoms with Gasteiger partial charge in [0.25, 0.3) is 10.0 Å². The summed E-state index contributed by atoms with van der Waals surface area (Å²) in [6.45, 7) is 0. The van der Waals surface area contributed by atoms with Crippen molar-refractivity contribution in [1.29, 1.82) is 0 Å². The number of sulfonamides is 1. The van der Waals surface area contributed by atoms with Crippen LogP contribution in [0.5, 0.6) is 0 Å². The van der Waals surface area contributed by atoms with Gasteiger partial charge in [-0.15, -0.1) is 0 Å². The van der Waals surface area contributed by atoms with Crippen molar-refractivity contribution < 1.29 is 13.2 Å². The monoisotopic (exact) mass is 371 g/mol. The average molecular weight is 371 g/mol. The van der Waals surface area contributed by atoms with E-state index in [9.17, 15) is 13.2 Å². The molecule has 0 radical (unpaired) electrons. The van der Waals surface area contributed by atoms with Gasteiger partial charge >= 0.3 is 6.03 Å². The molecule has 0 unspecified atom stereocenters. The van der Waals surface area contributed by atoms with E-state index in [-0.39, 0.29) is 4.90 Å². The highest BCUT2D eigenvalue weighted by Gasteiger charge is 2.26. The van der Waals surface area contributed by atoms with E-state index in [1.54, 1.807) is 12.1 Å². The summed E-state index contributed by atoms with van der Waals surface area (Å²) in [6, 6.07) is 7.39. The lowest BCUT2D eigenvalue weighted by Crippen LogP contribution is -2.35. The molecule has 136 valence electrons. The highest BCUT2D eigenvalue weighted by Crippen LogP contribution is 2.38. The van der Waals surface area contributed by atoms with Crippen molar-refractivity contribution in [2.24, 2.45) is 0 Å². The van der Waals surface area contributed by atoms with Crippen molar-refractivity contribution in [3.63, 3.8) is 0 Å². The Bertz CT molecular complexity index is 967. The number of amides is 2. The molecule has 2 aliphatic rings. The van der Waals surface area contributed by atoms with E-state index >= 15 is 0 Å². The SMILES string of the molecule is Nc1cccc(S(=O)(=O)NC(=O)Nc2c3c(cc4c2CCC4)CCC3)c1. The Kier molecular flexibility index (Phi) is 4.11. The molecule has 0 heterocycles. The topological polar surface area (TPSA) is 101 Å². The van der Waals surface area contributed by atoms with Gasteiger partial charge in [0.1, 0.15) is 0 Å². The number of urea groups is 1. The second-order valence-corrected chi connectivity index (χ2v) is 8.55. The van der Waals surface area contributed by atoms with Crippen molar-refractivity contribution in [3.8, 4) is 0 Å². The molecular formula is C19H21N3O3S. The highest BCUT2D eigenvalue weighted by molar-refractivity contribution is 7.90. The zero-order valence-electron chi connectivity index (χ0n) is 14.3. The summed E-state index contributed by atoms with van der Waals surface area (Å²) in [5.74, 6) is 0. The number of nitrogens with two attached hydrogens (primary N) is 1. The quantitative estimate of drug-likeness (QED) is 0.722. The number of aryl methyl sites for hydroxylation is 2. The fraction of sp³-hybridized carbons (Fsp3) is 0.316. The first-order chi connectivity index (χ1) is 12.4. The van der Waals surface area contributed by atoms with Gasteiger partial charge in [-0.2, -0.15) is 0 Å². The first kappa shape index (κ1) is 16.9. The summed E-state index contributed by atoms with van der Waals surface area (Å²) in [5, 5.41) is 2.82. The van der Waals surface area contributed by atoms with Gasteiger partial charge in [-0.3, -0.25) is 0 Å². The van der Waals surface area contributed by atoms with E-state index in [0.717, 1.165) is 55.3 Å². The number of anilines is 2. The zero-order valence-corrected chi connectivity index (χ0v) is 15.2. The van der Waals surface area contributed by atoms with Crippen LogP contribution in [0.2, 0.25) is 0 Å². The Balaban J connectivity index is 1.60. The Labute approximate surface area is 152 Å². The molecule has 2 aromatic rings. The lowest BCUT2D eigenvalue weighted by Gasteiger charge is -2.16. The van der Waals surface area contributed by atoms with E-state index in [1.807, 2.05) is 0 Å². The third-order valence-electron chi connectivity index (χ3n) is 5.11. The first-order valence-electron chi connectivity index (χ1n) is 8.80. The van der Waals surface area contributed by atoms with Crippen LogP contribution in [-0.4, -0.2) is 14.4 Å². The Morgan fingerprint density at radius 3 is 2.23 bits per heavy atom. The van der Waals surface area contributed by atoms with Crippen LogP contribution in [0.1, 0.15) is 35.1 Å². The normalized spacial score (nSPS) is 15.4. The van der Waals surface area contributed by atoms with Crippen LogP contribution in [0.4, 0.5) is 16.2 Å². The summed E-state index contributed by atoms with van der Waals surface area (Å²) in [6.07, 6.45) is 5.99. The summed E-state index contributed by atoms with van der Waals surface area (Å²) < 4.78 is 26.9. The maximum absolute atomic E-state index is 12.5. The molecule has 2 aromatic carbocycles. The van der Waals surface area contributed by atoms with Crippen molar-refractivity contribution in [1.82, 2.24) is 4.72 Å². The molecule has 4 rings (SSSR count). The molecule has 0 saturated carbocycles. The van der Waals surface area contributed by atoms with E-state index in [0.29, 0.717) is 5.69 Å². The number of hydrogen-bond donors (Lipinski definition) is 3. The first-order valence-corrected chi connectivity index (χ1v) is 10.3. The third kappa shape index (κ3) is 3.03. The third-order valence-corrected chi connectivity index (χ3v) is 6.44. The molecular weight excluding hydrogens is 350 g/mol. The average Bonchev–Trinajstić information content (AvgIpc) is 3.23. The molecule has 0 aliphatic heterocycles. The zero-order chi connectivity index (χ0) is 18.3. The van der Waals surface area contributed by atoms with Gasteiger partial charge in [0.05, 0.1) is 4.90 Å². The van der Waals surface area contributed by atoms with Crippen LogP contribution >= 0.6 is 0 Å². The minimum atomic E-state index is -3.97. The van der Waals surface area contributed by atoms with Crippen molar-refractivity contribution in [3.05, 3.63) is 52.6 Å². The van der Waals surface area contributed by atoms with E-state index in [2.05, 4.69) is 16.1 Å². The fourth-order valence-corrected chi connectivity index (χ4v) is 4.93. The number of hydrogen-bond acceptors (Lipinski definition) is 4. The van der Waals surface area contributed by atoms with Crippen LogP contribution in [0.25, 0.3) is 0 Å². The molecule has 7 heteroatoms. The Hall–Kier alpha value is -2.54. The van der Waals surface area contributed by atoms with Crippen LogP contribution in [-0.2, 0) is 35.7 Å². The van der Waals surface area contributed by atoms with E-state index in [1.165, 1.54) is 23.3 Å². The lowest BCUT2D eigenvalue weighted by atomic mass is 9.99. The second-order valence-electron chi connectivity index (χ2n) is 6.87. The molecule has 2 amide bonds. The molecule has 6 nitrogen and oxygen atoms in total. The van der Waals surface area contributed by atoms with E-state index in [4.69, 9.17) is 5.73 Å². The largest absolute Gasteiger partial charge is 0.399 e. The standard InChI is InChI=1S/C19H21N3O3S/c20-14-6-3-7-15(11-14)26(24,25)22-19(23)21-18-16-8-1-4-12(16)10-13-5-2-9-17(13)18/h3,6-7,10-11H,1-2,4-5,8-9,20H2,(H2,21,22,23). The van der Waals surface area contributed by atoms with Crippen LogP contribution < -0.4 is 15.8 Å².